The molecule has 24 heavy (non-hydrogen) atoms. The second kappa shape index (κ2) is 6.82. The van der Waals surface area contributed by atoms with E-state index >= 15 is 0 Å². The molecule has 0 radical (unpaired) electrons. The number of non-ortho nitro benzene ring substituents is 1. The molecule has 0 aliphatic heterocycles. The van der Waals surface area contributed by atoms with Gasteiger partial charge in [0.15, 0.2) is 5.82 Å². The third-order valence-corrected chi connectivity index (χ3v) is 3.30. The maximum atomic E-state index is 10.9. The highest BCUT2D eigenvalue weighted by atomic mass is 16.6. The maximum absolute atomic E-state index is 10.9. The first-order chi connectivity index (χ1) is 11.6. The zero-order valence-corrected chi connectivity index (χ0v) is 12.9. The molecule has 2 N–H and O–H groups in total. The molecular formula is C15H15N7O2. The Morgan fingerprint density at radius 2 is 2.17 bits per heavy atom. The molecule has 0 unspecified atom stereocenters. The quantitative estimate of drug-likeness (QED) is 0.525. The molecule has 3 aromatic rings. The van der Waals surface area contributed by atoms with E-state index in [0.717, 1.165) is 11.5 Å². The molecule has 9 heteroatoms. The van der Waals surface area contributed by atoms with Crippen molar-refractivity contribution >= 4 is 11.5 Å². The van der Waals surface area contributed by atoms with E-state index in [9.17, 15) is 10.1 Å². The standard InChI is InChI=1S/C15H15N7O2/c1-10-7-14(16-6-5-13-17-9-18-21-13)20-15(19-10)11-3-2-4-12(8-11)22(23)24/h2-4,7-9H,5-6H2,1H3,(H,16,19,20)(H,17,18,21). The van der Waals surface area contributed by atoms with Gasteiger partial charge in [0.05, 0.1) is 4.92 Å². The van der Waals surface area contributed by atoms with Gasteiger partial charge >= 0.3 is 0 Å². The van der Waals surface area contributed by atoms with Crippen molar-refractivity contribution < 1.29 is 4.92 Å². The van der Waals surface area contributed by atoms with E-state index < -0.39 is 4.92 Å². The number of nitro benzene ring substituents is 1. The number of aromatic amines is 1. The second-order valence-electron chi connectivity index (χ2n) is 5.13. The van der Waals surface area contributed by atoms with Crippen LogP contribution in [0.2, 0.25) is 0 Å². The van der Waals surface area contributed by atoms with Crippen LogP contribution in [0.4, 0.5) is 11.5 Å². The van der Waals surface area contributed by atoms with Crippen LogP contribution in [0.15, 0.2) is 36.7 Å². The van der Waals surface area contributed by atoms with Crippen molar-refractivity contribution in [3.63, 3.8) is 0 Å². The lowest BCUT2D eigenvalue weighted by molar-refractivity contribution is -0.384. The number of hydrogen-bond donors (Lipinski definition) is 2. The molecule has 0 aliphatic rings. The minimum Gasteiger partial charge on any atom is -0.369 e. The van der Waals surface area contributed by atoms with Gasteiger partial charge in [-0.25, -0.2) is 15.0 Å². The van der Waals surface area contributed by atoms with Crippen LogP contribution in [0.25, 0.3) is 11.4 Å². The number of hydrogen-bond acceptors (Lipinski definition) is 7. The van der Waals surface area contributed by atoms with Crippen LogP contribution in [0.1, 0.15) is 11.5 Å². The fourth-order valence-electron chi connectivity index (χ4n) is 2.21. The minimum atomic E-state index is -0.435. The second-order valence-corrected chi connectivity index (χ2v) is 5.13. The van der Waals surface area contributed by atoms with Crippen molar-refractivity contribution in [2.75, 3.05) is 11.9 Å². The van der Waals surface area contributed by atoms with Gasteiger partial charge in [-0.2, -0.15) is 5.10 Å². The van der Waals surface area contributed by atoms with Crippen molar-refractivity contribution in [2.45, 2.75) is 13.3 Å². The summed E-state index contributed by atoms with van der Waals surface area (Å²) in [5.74, 6) is 1.89. The highest BCUT2D eigenvalue weighted by Gasteiger charge is 2.10. The zero-order valence-electron chi connectivity index (χ0n) is 12.9. The molecule has 3 rings (SSSR count). The normalized spacial score (nSPS) is 10.5. The van der Waals surface area contributed by atoms with Gasteiger partial charge in [-0.3, -0.25) is 15.2 Å². The summed E-state index contributed by atoms with van der Waals surface area (Å²) in [6.07, 6.45) is 2.14. The van der Waals surface area contributed by atoms with Gasteiger partial charge in [0.1, 0.15) is 18.0 Å². The first-order valence-electron chi connectivity index (χ1n) is 7.30. The van der Waals surface area contributed by atoms with Gasteiger partial charge in [0.25, 0.3) is 5.69 Å². The number of nitro groups is 1. The Hall–Kier alpha value is -3.36. The number of aryl methyl sites for hydroxylation is 1. The SMILES string of the molecule is Cc1cc(NCCc2ncn[nH]2)nc(-c2cccc([N+](=O)[O-])c2)n1. The molecule has 0 fully saturated rings. The molecule has 0 amide bonds. The van der Waals surface area contributed by atoms with Crippen LogP contribution in [0, 0.1) is 17.0 Å². The Labute approximate surface area is 137 Å². The molecule has 0 saturated heterocycles. The lowest BCUT2D eigenvalue weighted by Crippen LogP contribution is -2.08. The van der Waals surface area contributed by atoms with Crippen LogP contribution in [0.3, 0.4) is 0 Å². The molecule has 9 nitrogen and oxygen atoms in total. The number of H-pyrrole nitrogens is 1. The fourth-order valence-corrected chi connectivity index (χ4v) is 2.21. The summed E-state index contributed by atoms with van der Waals surface area (Å²) in [4.78, 5) is 23.3. The van der Waals surface area contributed by atoms with Crippen LogP contribution >= 0.6 is 0 Å². The summed E-state index contributed by atoms with van der Waals surface area (Å²) in [7, 11) is 0. The number of anilines is 1. The molecule has 0 aliphatic carbocycles. The highest BCUT2D eigenvalue weighted by Crippen LogP contribution is 2.22. The zero-order chi connectivity index (χ0) is 16.9. The predicted octanol–water partition coefficient (Wildman–Crippen LogP) is 2.13. The summed E-state index contributed by atoms with van der Waals surface area (Å²) in [5.41, 5.74) is 1.39. The maximum Gasteiger partial charge on any atom is 0.270 e. The summed E-state index contributed by atoms with van der Waals surface area (Å²) in [6, 6.07) is 8.10. The Bertz CT molecular complexity index is 849. The van der Waals surface area contributed by atoms with Gasteiger partial charge in [0.2, 0.25) is 0 Å². The van der Waals surface area contributed by atoms with Crippen molar-refractivity contribution in [3.05, 3.63) is 58.3 Å². The third kappa shape index (κ3) is 3.69. The lowest BCUT2D eigenvalue weighted by Gasteiger charge is -2.08. The first-order valence-corrected chi connectivity index (χ1v) is 7.30. The minimum absolute atomic E-state index is 0.0115. The summed E-state index contributed by atoms with van der Waals surface area (Å²) < 4.78 is 0. The average Bonchev–Trinajstić information content (AvgIpc) is 3.08. The molecule has 2 heterocycles. The van der Waals surface area contributed by atoms with E-state index in [2.05, 4.69) is 30.5 Å². The molecule has 0 bridgehead atoms. The van der Waals surface area contributed by atoms with Crippen molar-refractivity contribution in [2.24, 2.45) is 0 Å². The average molecular weight is 325 g/mol. The van der Waals surface area contributed by atoms with Crippen molar-refractivity contribution in [1.29, 1.82) is 0 Å². The Kier molecular flexibility index (Phi) is 4.41. The number of aromatic nitrogens is 5. The predicted molar refractivity (Wildman–Crippen MR) is 87.4 cm³/mol. The van der Waals surface area contributed by atoms with E-state index in [1.807, 2.05) is 13.0 Å². The third-order valence-electron chi connectivity index (χ3n) is 3.30. The number of nitrogens with zero attached hydrogens (tertiary/aromatic N) is 5. The molecule has 122 valence electrons. The monoisotopic (exact) mass is 325 g/mol. The molecule has 0 saturated carbocycles. The van der Waals surface area contributed by atoms with E-state index in [1.54, 1.807) is 12.1 Å². The fraction of sp³-hybridized carbons (Fsp3) is 0.200. The molecule has 1 aromatic carbocycles. The molecule has 0 spiro atoms. The van der Waals surface area contributed by atoms with Crippen molar-refractivity contribution in [1.82, 2.24) is 25.1 Å². The number of nitrogens with one attached hydrogen (secondary N) is 2. The molecule has 0 atom stereocenters. The van der Waals surface area contributed by atoms with Crippen LogP contribution < -0.4 is 5.32 Å². The summed E-state index contributed by atoms with van der Waals surface area (Å²) >= 11 is 0. The van der Waals surface area contributed by atoms with Gasteiger partial charge in [-0.05, 0) is 6.92 Å². The summed E-state index contributed by atoms with van der Waals surface area (Å²) in [5, 5.41) is 20.7. The first kappa shape index (κ1) is 15.5. The van der Waals surface area contributed by atoms with Crippen LogP contribution in [-0.2, 0) is 6.42 Å². The van der Waals surface area contributed by atoms with Gasteiger partial charge in [-0.1, -0.05) is 12.1 Å². The topological polar surface area (TPSA) is 123 Å². The van der Waals surface area contributed by atoms with Crippen LogP contribution in [0.5, 0.6) is 0 Å². The van der Waals surface area contributed by atoms with Crippen molar-refractivity contribution in [3.8, 4) is 11.4 Å². The summed E-state index contributed by atoms with van der Waals surface area (Å²) in [6.45, 7) is 2.48. The lowest BCUT2D eigenvalue weighted by atomic mass is 10.2. The number of benzene rings is 1. The van der Waals surface area contributed by atoms with Gasteiger partial charge < -0.3 is 5.32 Å². The smallest absolute Gasteiger partial charge is 0.270 e. The van der Waals surface area contributed by atoms with E-state index in [1.165, 1.54) is 18.5 Å². The molecule has 2 aromatic heterocycles. The highest BCUT2D eigenvalue weighted by molar-refractivity contribution is 5.61. The molecular weight excluding hydrogens is 310 g/mol. The van der Waals surface area contributed by atoms with Gasteiger partial charge in [0, 0.05) is 42.4 Å². The Morgan fingerprint density at radius 3 is 2.92 bits per heavy atom. The largest absolute Gasteiger partial charge is 0.369 e. The Balaban J connectivity index is 1.78. The Morgan fingerprint density at radius 1 is 1.29 bits per heavy atom. The van der Waals surface area contributed by atoms with Crippen LogP contribution in [-0.4, -0.2) is 36.6 Å². The van der Waals surface area contributed by atoms with E-state index in [0.29, 0.717) is 30.2 Å². The van der Waals surface area contributed by atoms with E-state index in [4.69, 9.17) is 0 Å². The van der Waals surface area contributed by atoms with E-state index in [-0.39, 0.29) is 5.69 Å². The van der Waals surface area contributed by atoms with Gasteiger partial charge in [-0.15, -0.1) is 0 Å². The number of rotatable bonds is 6.